The summed E-state index contributed by atoms with van der Waals surface area (Å²) in [5, 5.41) is 8.76. The van der Waals surface area contributed by atoms with E-state index in [1.807, 2.05) is 13.8 Å². The van der Waals surface area contributed by atoms with Crippen molar-refractivity contribution in [3.8, 4) is 0 Å². The van der Waals surface area contributed by atoms with Gasteiger partial charge in [0.15, 0.2) is 6.10 Å². The van der Waals surface area contributed by atoms with Gasteiger partial charge in [0.2, 0.25) is 0 Å². The highest BCUT2D eigenvalue weighted by Crippen LogP contribution is 2.21. The lowest BCUT2D eigenvalue weighted by Gasteiger charge is -2.23. The molecule has 2 unspecified atom stereocenters. The third kappa shape index (κ3) is 2.95. The van der Waals surface area contributed by atoms with Crippen molar-refractivity contribution in [2.75, 3.05) is 13.1 Å². The zero-order chi connectivity index (χ0) is 12.1. The quantitative estimate of drug-likeness (QED) is 0.759. The van der Waals surface area contributed by atoms with E-state index in [0.29, 0.717) is 25.9 Å². The number of amides is 1. The van der Waals surface area contributed by atoms with E-state index in [4.69, 9.17) is 9.84 Å². The maximum absolute atomic E-state index is 11.9. The molecule has 1 fully saturated rings. The van der Waals surface area contributed by atoms with E-state index in [0.717, 1.165) is 6.42 Å². The van der Waals surface area contributed by atoms with Crippen LogP contribution in [0.2, 0.25) is 0 Å². The van der Waals surface area contributed by atoms with Gasteiger partial charge >= 0.3 is 5.97 Å². The first-order chi connectivity index (χ1) is 7.60. The first-order valence-electron chi connectivity index (χ1n) is 5.77. The molecular weight excluding hydrogens is 210 g/mol. The van der Waals surface area contributed by atoms with Gasteiger partial charge in [0, 0.05) is 13.1 Å². The largest absolute Gasteiger partial charge is 0.479 e. The molecule has 92 valence electrons. The van der Waals surface area contributed by atoms with Gasteiger partial charge in [0.05, 0.1) is 0 Å². The van der Waals surface area contributed by atoms with Gasteiger partial charge in [0.25, 0.3) is 5.91 Å². The average molecular weight is 229 g/mol. The molecular formula is C11H19NO4. The SMILES string of the molecule is CCCN(CC)C(=O)C1CCC(C(=O)O)O1. The Kier molecular flexibility index (Phi) is 4.73. The fourth-order valence-electron chi connectivity index (χ4n) is 1.90. The van der Waals surface area contributed by atoms with Gasteiger partial charge in [-0.25, -0.2) is 4.79 Å². The Morgan fingerprint density at radius 1 is 1.31 bits per heavy atom. The molecule has 1 amide bonds. The van der Waals surface area contributed by atoms with Crippen LogP contribution < -0.4 is 0 Å². The number of likely N-dealkylation sites (N-methyl/N-ethyl adjacent to an activating group) is 1. The number of nitrogens with zero attached hydrogens (tertiary/aromatic N) is 1. The van der Waals surface area contributed by atoms with E-state index in [2.05, 4.69) is 0 Å². The number of ether oxygens (including phenoxy) is 1. The fraction of sp³-hybridized carbons (Fsp3) is 0.818. The average Bonchev–Trinajstić information content (AvgIpc) is 2.74. The van der Waals surface area contributed by atoms with Crippen molar-refractivity contribution in [1.82, 2.24) is 4.90 Å². The molecule has 16 heavy (non-hydrogen) atoms. The third-order valence-corrected chi connectivity index (χ3v) is 2.76. The molecule has 5 heteroatoms. The zero-order valence-electron chi connectivity index (χ0n) is 9.81. The van der Waals surface area contributed by atoms with E-state index in [9.17, 15) is 9.59 Å². The second-order valence-electron chi connectivity index (χ2n) is 3.95. The number of carboxylic acids is 1. The predicted octanol–water partition coefficient (Wildman–Crippen LogP) is 0.877. The highest BCUT2D eigenvalue weighted by molar-refractivity contribution is 5.82. The lowest BCUT2D eigenvalue weighted by molar-refractivity contribution is -0.154. The number of carbonyl (C=O) groups is 2. The lowest BCUT2D eigenvalue weighted by atomic mass is 10.2. The normalized spacial score (nSPS) is 24.4. The summed E-state index contributed by atoms with van der Waals surface area (Å²) in [6.45, 7) is 5.26. The zero-order valence-corrected chi connectivity index (χ0v) is 9.81. The molecule has 0 radical (unpaired) electrons. The first-order valence-corrected chi connectivity index (χ1v) is 5.77. The standard InChI is InChI=1S/C11H19NO4/c1-3-7-12(4-2)10(13)8-5-6-9(16-8)11(14)15/h8-9H,3-7H2,1-2H3,(H,14,15). The summed E-state index contributed by atoms with van der Waals surface area (Å²) in [7, 11) is 0. The van der Waals surface area contributed by atoms with Crippen molar-refractivity contribution < 1.29 is 19.4 Å². The van der Waals surface area contributed by atoms with Crippen LogP contribution in [0.15, 0.2) is 0 Å². The van der Waals surface area contributed by atoms with Gasteiger partial charge in [-0.3, -0.25) is 4.79 Å². The van der Waals surface area contributed by atoms with E-state index >= 15 is 0 Å². The smallest absolute Gasteiger partial charge is 0.332 e. The first kappa shape index (κ1) is 13.0. The molecule has 0 bridgehead atoms. The number of aliphatic carboxylic acids is 1. The summed E-state index contributed by atoms with van der Waals surface area (Å²) >= 11 is 0. The second kappa shape index (κ2) is 5.84. The summed E-state index contributed by atoms with van der Waals surface area (Å²) in [6, 6.07) is 0. The summed E-state index contributed by atoms with van der Waals surface area (Å²) in [5.41, 5.74) is 0. The minimum Gasteiger partial charge on any atom is -0.479 e. The van der Waals surface area contributed by atoms with Gasteiger partial charge in [-0.15, -0.1) is 0 Å². The molecule has 1 aliphatic heterocycles. The van der Waals surface area contributed by atoms with E-state index in [-0.39, 0.29) is 5.91 Å². The minimum absolute atomic E-state index is 0.0758. The van der Waals surface area contributed by atoms with Crippen molar-refractivity contribution in [2.45, 2.75) is 45.3 Å². The highest BCUT2D eigenvalue weighted by atomic mass is 16.5. The van der Waals surface area contributed by atoms with Gasteiger partial charge < -0.3 is 14.7 Å². The van der Waals surface area contributed by atoms with E-state index in [1.54, 1.807) is 4.90 Å². The van der Waals surface area contributed by atoms with E-state index < -0.39 is 18.2 Å². The Morgan fingerprint density at radius 2 is 1.94 bits per heavy atom. The molecule has 0 aromatic heterocycles. The van der Waals surface area contributed by atoms with Gasteiger partial charge in [-0.05, 0) is 26.2 Å². The van der Waals surface area contributed by atoms with Gasteiger partial charge in [0.1, 0.15) is 6.10 Å². The van der Waals surface area contributed by atoms with Crippen LogP contribution in [0.5, 0.6) is 0 Å². The predicted molar refractivity (Wildman–Crippen MR) is 58.1 cm³/mol. The maximum atomic E-state index is 11.9. The van der Waals surface area contributed by atoms with Crippen molar-refractivity contribution in [3.05, 3.63) is 0 Å². The van der Waals surface area contributed by atoms with Crippen molar-refractivity contribution in [2.24, 2.45) is 0 Å². The molecule has 0 aromatic carbocycles. The monoisotopic (exact) mass is 229 g/mol. The number of hydrogen-bond acceptors (Lipinski definition) is 3. The van der Waals surface area contributed by atoms with Crippen LogP contribution >= 0.6 is 0 Å². The molecule has 5 nitrogen and oxygen atoms in total. The Labute approximate surface area is 95.4 Å². The Balaban J connectivity index is 2.52. The molecule has 1 rings (SSSR count). The Bertz CT molecular complexity index is 267. The third-order valence-electron chi connectivity index (χ3n) is 2.76. The molecule has 1 aliphatic rings. The molecule has 0 aromatic rings. The van der Waals surface area contributed by atoms with Crippen molar-refractivity contribution in [1.29, 1.82) is 0 Å². The second-order valence-corrected chi connectivity index (χ2v) is 3.95. The van der Waals surface area contributed by atoms with Crippen molar-refractivity contribution in [3.63, 3.8) is 0 Å². The van der Waals surface area contributed by atoms with Crippen LogP contribution in [-0.2, 0) is 14.3 Å². The van der Waals surface area contributed by atoms with E-state index in [1.165, 1.54) is 0 Å². The summed E-state index contributed by atoms with van der Waals surface area (Å²) < 4.78 is 5.22. The van der Waals surface area contributed by atoms with Gasteiger partial charge in [-0.2, -0.15) is 0 Å². The van der Waals surface area contributed by atoms with Crippen LogP contribution in [0.25, 0.3) is 0 Å². The van der Waals surface area contributed by atoms with Gasteiger partial charge in [-0.1, -0.05) is 6.92 Å². The van der Waals surface area contributed by atoms with Crippen LogP contribution in [0.4, 0.5) is 0 Å². The fourth-order valence-corrected chi connectivity index (χ4v) is 1.90. The molecule has 1 saturated heterocycles. The van der Waals surface area contributed by atoms with Crippen LogP contribution in [0, 0.1) is 0 Å². The highest BCUT2D eigenvalue weighted by Gasteiger charge is 2.36. The Hall–Kier alpha value is -1.10. The topological polar surface area (TPSA) is 66.8 Å². The summed E-state index contributed by atoms with van der Waals surface area (Å²) in [5.74, 6) is -1.05. The summed E-state index contributed by atoms with van der Waals surface area (Å²) in [6.07, 6.45) is 0.460. The molecule has 2 atom stereocenters. The van der Waals surface area contributed by atoms with Crippen LogP contribution in [0.3, 0.4) is 0 Å². The molecule has 0 spiro atoms. The molecule has 1 N–H and O–H groups in total. The Morgan fingerprint density at radius 3 is 2.38 bits per heavy atom. The maximum Gasteiger partial charge on any atom is 0.332 e. The number of hydrogen-bond donors (Lipinski definition) is 1. The van der Waals surface area contributed by atoms with Crippen molar-refractivity contribution >= 4 is 11.9 Å². The van der Waals surface area contributed by atoms with Crippen LogP contribution in [-0.4, -0.2) is 47.2 Å². The number of carbonyl (C=O) groups excluding carboxylic acids is 1. The molecule has 0 saturated carbocycles. The molecule has 0 aliphatic carbocycles. The number of carboxylic acid groups (broad SMARTS) is 1. The summed E-state index contributed by atoms with van der Waals surface area (Å²) in [4.78, 5) is 24.3. The van der Waals surface area contributed by atoms with Crippen LogP contribution in [0.1, 0.15) is 33.1 Å². The lowest BCUT2D eigenvalue weighted by Crippen LogP contribution is -2.40. The number of rotatable bonds is 5. The minimum atomic E-state index is -0.978. The molecule has 1 heterocycles.